The fraction of sp³-hybridized carbons (Fsp3) is 0.556. The number of nitrogens with zero attached hydrogens (tertiary/aromatic N) is 1. The summed E-state index contributed by atoms with van der Waals surface area (Å²) in [5, 5.41) is 2.88. The van der Waals surface area contributed by atoms with Crippen LogP contribution >= 0.6 is 0 Å². The quantitative estimate of drug-likeness (QED) is 0.807. The SMILES string of the molecule is CC(=O)N(CCC(=O)NCC1CCCO1)Cc1ccc2c(c1)OCO2. The number of rotatable bonds is 7. The Bertz CT molecular complexity index is 628. The van der Waals surface area contributed by atoms with Gasteiger partial charge in [0.05, 0.1) is 6.10 Å². The molecule has 3 rings (SSSR count). The molecule has 0 aromatic heterocycles. The van der Waals surface area contributed by atoms with Crippen LogP contribution in [0.25, 0.3) is 0 Å². The highest BCUT2D eigenvalue weighted by Crippen LogP contribution is 2.32. The molecule has 1 fully saturated rings. The molecule has 2 heterocycles. The molecule has 2 aliphatic heterocycles. The van der Waals surface area contributed by atoms with Crippen molar-refractivity contribution in [2.75, 3.05) is 26.5 Å². The molecule has 0 radical (unpaired) electrons. The van der Waals surface area contributed by atoms with Crippen LogP contribution in [0.4, 0.5) is 0 Å². The van der Waals surface area contributed by atoms with E-state index in [4.69, 9.17) is 14.2 Å². The molecule has 1 aromatic rings. The Morgan fingerprint density at radius 1 is 1.28 bits per heavy atom. The van der Waals surface area contributed by atoms with Crippen LogP contribution < -0.4 is 14.8 Å². The van der Waals surface area contributed by atoms with Gasteiger partial charge in [-0.2, -0.15) is 0 Å². The molecule has 1 aromatic carbocycles. The Hall–Kier alpha value is -2.28. The summed E-state index contributed by atoms with van der Waals surface area (Å²) in [4.78, 5) is 25.5. The standard InChI is InChI=1S/C18H24N2O5/c1-13(21)20(7-6-18(22)19-10-15-3-2-8-23-15)11-14-4-5-16-17(9-14)25-12-24-16/h4-5,9,15H,2-3,6-8,10-12H2,1H3,(H,19,22). The summed E-state index contributed by atoms with van der Waals surface area (Å²) < 4.78 is 16.1. The van der Waals surface area contributed by atoms with E-state index in [9.17, 15) is 9.59 Å². The Morgan fingerprint density at radius 2 is 2.12 bits per heavy atom. The predicted octanol–water partition coefficient (Wildman–Crippen LogP) is 1.45. The van der Waals surface area contributed by atoms with Crippen molar-refractivity contribution in [2.24, 2.45) is 0 Å². The summed E-state index contributed by atoms with van der Waals surface area (Å²) in [5.74, 6) is 1.28. The molecular formula is C18H24N2O5. The normalized spacial score (nSPS) is 18.2. The summed E-state index contributed by atoms with van der Waals surface area (Å²) >= 11 is 0. The van der Waals surface area contributed by atoms with Gasteiger partial charge in [-0.05, 0) is 30.5 Å². The van der Waals surface area contributed by atoms with E-state index >= 15 is 0 Å². The van der Waals surface area contributed by atoms with Gasteiger partial charge in [-0.15, -0.1) is 0 Å². The minimum absolute atomic E-state index is 0.0626. The maximum absolute atomic E-state index is 12.0. The van der Waals surface area contributed by atoms with Crippen molar-refractivity contribution in [3.8, 4) is 11.5 Å². The number of hydrogen-bond acceptors (Lipinski definition) is 5. The molecule has 7 heteroatoms. The van der Waals surface area contributed by atoms with Gasteiger partial charge < -0.3 is 24.4 Å². The first-order chi connectivity index (χ1) is 12.1. The number of fused-ring (bicyclic) bond motifs is 1. The molecule has 25 heavy (non-hydrogen) atoms. The van der Waals surface area contributed by atoms with Crippen LogP contribution in [0.15, 0.2) is 18.2 Å². The zero-order valence-corrected chi connectivity index (χ0v) is 14.5. The lowest BCUT2D eigenvalue weighted by molar-refractivity contribution is -0.130. The van der Waals surface area contributed by atoms with Crippen molar-refractivity contribution in [3.05, 3.63) is 23.8 Å². The van der Waals surface area contributed by atoms with Crippen molar-refractivity contribution in [3.63, 3.8) is 0 Å². The smallest absolute Gasteiger partial charge is 0.231 e. The Kier molecular flexibility index (Phi) is 5.75. The molecule has 2 amide bonds. The average Bonchev–Trinajstić information content (AvgIpc) is 3.27. The zero-order valence-electron chi connectivity index (χ0n) is 14.5. The lowest BCUT2D eigenvalue weighted by Crippen LogP contribution is -2.36. The number of amides is 2. The molecule has 0 bridgehead atoms. The highest BCUT2D eigenvalue weighted by molar-refractivity contribution is 5.78. The number of nitrogens with one attached hydrogen (secondary N) is 1. The highest BCUT2D eigenvalue weighted by Gasteiger charge is 2.18. The Morgan fingerprint density at radius 3 is 2.88 bits per heavy atom. The number of carbonyl (C=O) groups is 2. The largest absolute Gasteiger partial charge is 0.454 e. The van der Waals surface area contributed by atoms with Gasteiger partial charge in [-0.1, -0.05) is 6.07 Å². The van der Waals surface area contributed by atoms with E-state index in [-0.39, 0.29) is 31.1 Å². The van der Waals surface area contributed by atoms with E-state index in [2.05, 4.69) is 5.32 Å². The number of carbonyl (C=O) groups excluding carboxylic acids is 2. The third-order valence-electron chi connectivity index (χ3n) is 4.42. The van der Waals surface area contributed by atoms with Crippen LogP contribution in [0.2, 0.25) is 0 Å². The van der Waals surface area contributed by atoms with Crippen molar-refractivity contribution in [1.82, 2.24) is 10.2 Å². The molecule has 0 spiro atoms. The summed E-state index contributed by atoms with van der Waals surface area (Å²) in [6.45, 7) is 3.86. The first-order valence-electron chi connectivity index (χ1n) is 8.64. The van der Waals surface area contributed by atoms with Crippen LogP contribution in [0.3, 0.4) is 0 Å². The van der Waals surface area contributed by atoms with E-state index in [0.29, 0.717) is 31.1 Å². The van der Waals surface area contributed by atoms with Crippen LogP contribution in [0.1, 0.15) is 31.7 Å². The topological polar surface area (TPSA) is 77.1 Å². The van der Waals surface area contributed by atoms with Gasteiger partial charge in [0.25, 0.3) is 0 Å². The van der Waals surface area contributed by atoms with Crippen molar-refractivity contribution < 1.29 is 23.8 Å². The molecule has 1 unspecified atom stereocenters. The number of hydrogen-bond donors (Lipinski definition) is 1. The first-order valence-corrected chi connectivity index (χ1v) is 8.64. The molecule has 7 nitrogen and oxygen atoms in total. The fourth-order valence-corrected chi connectivity index (χ4v) is 2.97. The fourth-order valence-electron chi connectivity index (χ4n) is 2.97. The molecular weight excluding hydrogens is 324 g/mol. The minimum Gasteiger partial charge on any atom is -0.454 e. The van der Waals surface area contributed by atoms with Crippen LogP contribution in [-0.2, 0) is 20.9 Å². The molecule has 2 aliphatic rings. The summed E-state index contributed by atoms with van der Waals surface area (Å²) in [7, 11) is 0. The molecule has 1 atom stereocenters. The molecule has 0 saturated carbocycles. The van der Waals surface area contributed by atoms with Gasteiger partial charge >= 0.3 is 0 Å². The molecule has 136 valence electrons. The van der Waals surface area contributed by atoms with E-state index in [1.54, 1.807) is 4.90 Å². The van der Waals surface area contributed by atoms with Crippen molar-refractivity contribution >= 4 is 11.8 Å². The van der Waals surface area contributed by atoms with Gasteiger partial charge in [0.1, 0.15) is 0 Å². The third-order valence-corrected chi connectivity index (χ3v) is 4.42. The monoisotopic (exact) mass is 348 g/mol. The van der Waals surface area contributed by atoms with Gasteiger partial charge in [0.2, 0.25) is 18.6 Å². The average molecular weight is 348 g/mol. The Labute approximate surface area is 147 Å². The molecule has 1 saturated heterocycles. The Balaban J connectivity index is 1.47. The van der Waals surface area contributed by atoms with Gasteiger partial charge in [-0.25, -0.2) is 0 Å². The van der Waals surface area contributed by atoms with Gasteiger partial charge in [0.15, 0.2) is 11.5 Å². The lowest BCUT2D eigenvalue weighted by atomic mass is 10.2. The van der Waals surface area contributed by atoms with E-state index in [0.717, 1.165) is 25.0 Å². The van der Waals surface area contributed by atoms with E-state index in [1.165, 1.54) is 6.92 Å². The lowest BCUT2D eigenvalue weighted by Gasteiger charge is -2.21. The first kappa shape index (κ1) is 17.5. The summed E-state index contributed by atoms with van der Waals surface area (Å²) in [6, 6.07) is 5.61. The van der Waals surface area contributed by atoms with Crippen molar-refractivity contribution in [1.29, 1.82) is 0 Å². The van der Waals surface area contributed by atoms with Gasteiger partial charge in [0, 0.05) is 39.6 Å². The van der Waals surface area contributed by atoms with Crippen LogP contribution in [-0.4, -0.2) is 49.3 Å². The predicted molar refractivity (Wildman–Crippen MR) is 90.3 cm³/mol. The maximum atomic E-state index is 12.0. The third kappa shape index (κ3) is 4.85. The minimum atomic E-state index is -0.0652. The second-order valence-electron chi connectivity index (χ2n) is 6.32. The zero-order chi connectivity index (χ0) is 17.6. The summed E-state index contributed by atoms with van der Waals surface area (Å²) in [6.07, 6.45) is 2.44. The maximum Gasteiger partial charge on any atom is 0.231 e. The number of benzene rings is 1. The molecule has 0 aliphatic carbocycles. The van der Waals surface area contributed by atoms with Gasteiger partial charge in [-0.3, -0.25) is 9.59 Å². The van der Waals surface area contributed by atoms with E-state index in [1.807, 2.05) is 18.2 Å². The second-order valence-corrected chi connectivity index (χ2v) is 6.32. The van der Waals surface area contributed by atoms with E-state index < -0.39 is 0 Å². The molecule has 1 N–H and O–H groups in total. The second kappa shape index (κ2) is 8.20. The summed E-state index contributed by atoms with van der Waals surface area (Å²) in [5.41, 5.74) is 0.944. The van der Waals surface area contributed by atoms with Crippen LogP contribution in [0, 0.1) is 0 Å². The number of ether oxygens (including phenoxy) is 3. The highest BCUT2D eigenvalue weighted by atomic mass is 16.7. The van der Waals surface area contributed by atoms with Crippen molar-refractivity contribution in [2.45, 2.75) is 38.8 Å². The van der Waals surface area contributed by atoms with Crippen LogP contribution in [0.5, 0.6) is 11.5 Å².